The molecule has 0 amide bonds. The second kappa shape index (κ2) is 11.4. The molecule has 1 aliphatic heterocycles. The second-order valence-electron chi connectivity index (χ2n) is 9.58. The predicted molar refractivity (Wildman–Crippen MR) is 153 cm³/mol. The number of esters is 2. The molecule has 38 heavy (non-hydrogen) atoms. The fourth-order valence-corrected chi connectivity index (χ4v) is 6.30. The lowest BCUT2D eigenvalue weighted by Crippen LogP contribution is -2.36. The Morgan fingerprint density at radius 3 is 2.26 bits per heavy atom. The summed E-state index contributed by atoms with van der Waals surface area (Å²) in [5.74, 6) is -2.24. The average Bonchev–Trinajstić information content (AvgIpc) is 3.32. The number of benzene rings is 2. The zero-order chi connectivity index (χ0) is 27.6. The third kappa shape index (κ3) is 5.20. The number of hydrogen-bond donors (Lipinski definition) is 0. The Hall–Kier alpha value is -3.58. The van der Waals surface area contributed by atoms with Gasteiger partial charge in [-0.25, -0.2) is 9.78 Å². The van der Waals surface area contributed by atoms with Crippen LogP contribution in [0.5, 0.6) is 0 Å². The van der Waals surface area contributed by atoms with Gasteiger partial charge < -0.3 is 9.47 Å². The molecule has 2 atom stereocenters. The van der Waals surface area contributed by atoms with E-state index in [1.165, 1.54) is 16.7 Å². The number of nitrogens with zero attached hydrogens (tertiary/aromatic N) is 2. The van der Waals surface area contributed by atoms with Gasteiger partial charge in [-0.15, -0.1) is 11.3 Å². The highest BCUT2D eigenvalue weighted by atomic mass is 32.1. The molecule has 1 aliphatic rings. The zero-order valence-corrected chi connectivity index (χ0v) is 23.9. The van der Waals surface area contributed by atoms with Crippen LogP contribution in [0.1, 0.15) is 55.9 Å². The van der Waals surface area contributed by atoms with Gasteiger partial charge in [0.1, 0.15) is 10.9 Å². The number of carbonyl (C=O) groups is 2. The minimum Gasteiger partial charge on any atom is -0.465 e. The van der Waals surface area contributed by atoms with Crippen molar-refractivity contribution < 1.29 is 19.1 Å². The molecular formula is C31H34N2O4S. The maximum atomic E-state index is 13.3. The van der Waals surface area contributed by atoms with Crippen molar-refractivity contribution in [1.29, 1.82) is 0 Å². The quantitative estimate of drug-likeness (QED) is 0.308. The normalized spacial score (nSPS) is 17.3. The van der Waals surface area contributed by atoms with Gasteiger partial charge in [0.2, 0.25) is 0 Å². The van der Waals surface area contributed by atoms with Crippen LogP contribution in [0.25, 0.3) is 21.8 Å². The van der Waals surface area contributed by atoms with Gasteiger partial charge in [-0.1, -0.05) is 42.0 Å². The number of aliphatic imine (C=N–C) groups is 1. The fourth-order valence-electron chi connectivity index (χ4n) is 5.44. The molecule has 0 N–H and O–H groups in total. The molecular weight excluding hydrogens is 496 g/mol. The van der Waals surface area contributed by atoms with E-state index in [-0.39, 0.29) is 13.2 Å². The summed E-state index contributed by atoms with van der Waals surface area (Å²) in [6.07, 6.45) is 0. The topological polar surface area (TPSA) is 77.8 Å². The molecule has 0 spiro atoms. The Kier molecular flexibility index (Phi) is 8.26. The van der Waals surface area contributed by atoms with Gasteiger partial charge in [-0.3, -0.25) is 9.79 Å². The third-order valence-electron chi connectivity index (χ3n) is 6.83. The molecule has 198 valence electrons. The summed E-state index contributed by atoms with van der Waals surface area (Å²) in [4.78, 5) is 36.2. The smallest absolute Gasteiger partial charge is 0.336 e. The maximum absolute atomic E-state index is 13.3. The molecule has 2 unspecified atom stereocenters. The number of carbonyl (C=O) groups excluding carboxylic acids is 2. The minimum atomic E-state index is -0.750. The van der Waals surface area contributed by atoms with Gasteiger partial charge >= 0.3 is 11.9 Å². The molecule has 0 aliphatic carbocycles. The fraction of sp³-hybridized carbons (Fsp3) is 0.355. The number of ether oxygens (including phenoxy) is 2. The summed E-state index contributed by atoms with van der Waals surface area (Å²) >= 11 is 1.55. The lowest BCUT2D eigenvalue weighted by Gasteiger charge is -2.32. The first-order valence-electron chi connectivity index (χ1n) is 12.9. The first-order valence-corrected chi connectivity index (χ1v) is 13.8. The second-order valence-corrected chi connectivity index (χ2v) is 10.4. The molecule has 2 heterocycles. The summed E-state index contributed by atoms with van der Waals surface area (Å²) in [6.45, 7) is 13.9. The molecule has 0 saturated carbocycles. The standard InChI is InChI=1S/C31H34N2O4S/c1-8-36-30(34)26-20(6)32-21(7)27(31(35)37-9-2)28(26)22-12-10-11-13-23(22)29-33-24(16-38-29)25-18(4)14-17(3)15-19(25)5/h10-16,26,28H,8-9H2,1-7H3. The van der Waals surface area contributed by atoms with E-state index in [2.05, 4.69) is 43.3 Å². The summed E-state index contributed by atoms with van der Waals surface area (Å²) in [5.41, 5.74) is 8.85. The van der Waals surface area contributed by atoms with Crippen molar-refractivity contribution in [2.45, 2.75) is 54.4 Å². The molecule has 0 radical (unpaired) electrons. The average molecular weight is 531 g/mol. The van der Waals surface area contributed by atoms with Crippen molar-refractivity contribution in [3.05, 3.63) is 75.3 Å². The van der Waals surface area contributed by atoms with Gasteiger partial charge in [0.05, 0.1) is 24.5 Å². The molecule has 3 aromatic rings. The highest BCUT2D eigenvalue weighted by molar-refractivity contribution is 7.13. The van der Waals surface area contributed by atoms with Gasteiger partial charge in [-0.05, 0) is 65.2 Å². The van der Waals surface area contributed by atoms with E-state index in [0.717, 1.165) is 27.4 Å². The Labute approximate surface area is 228 Å². The van der Waals surface area contributed by atoms with Crippen molar-refractivity contribution in [2.75, 3.05) is 13.2 Å². The van der Waals surface area contributed by atoms with Crippen molar-refractivity contribution in [3.63, 3.8) is 0 Å². The van der Waals surface area contributed by atoms with Crippen LogP contribution in [0.2, 0.25) is 0 Å². The molecule has 2 aromatic carbocycles. The monoisotopic (exact) mass is 530 g/mol. The van der Waals surface area contributed by atoms with Gasteiger partial charge in [0, 0.05) is 33.8 Å². The van der Waals surface area contributed by atoms with Crippen LogP contribution in [0.4, 0.5) is 0 Å². The van der Waals surface area contributed by atoms with E-state index >= 15 is 0 Å². The van der Waals surface area contributed by atoms with E-state index in [1.807, 2.05) is 31.2 Å². The summed E-state index contributed by atoms with van der Waals surface area (Å²) in [6, 6.07) is 12.2. The van der Waals surface area contributed by atoms with Crippen LogP contribution < -0.4 is 0 Å². The van der Waals surface area contributed by atoms with Gasteiger partial charge in [0.25, 0.3) is 0 Å². The molecule has 0 saturated heterocycles. The lowest BCUT2D eigenvalue weighted by molar-refractivity contribution is -0.146. The predicted octanol–water partition coefficient (Wildman–Crippen LogP) is 6.98. The Morgan fingerprint density at radius 1 is 0.947 bits per heavy atom. The summed E-state index contributed by atoms with van der Waals surface area (Å²) < 4.78 is 10.9. The Bertz CT molecular complexity index is 1430. The van der Waals surface area contributed by atoms with E-state index in [9.17, 15) is 9.59 Å². The molecule has 4 rings (SSSR count). The van der Waals surface area contributed by atoms with E-state index in [1.54, 1.807) is 32.1 Å². The van der Waals surface area contributed by atoms with Gasteiger partial charge in [0.15, 0.2) is 0 Å². The number of rotatable bonds is 7. The largest absolute Gasteiger partial charge is 0.465 e. The number of aryl methyl sites for hydroxylation is 3. The number of thiazole rings is 1. The molecule has 6 nitrogen and oxygen atoms in total. The number of aromatic nitrogens is 1. The van der Waals surface area contributed by atoms with Crippen LogP contribution in [-0.4, -0.2) is 35.8 Å². The van der Waals surface area contributed by atoms with Crippen molar-refractivity contribution in [2.24, 2.45) is 10.9 Å². The lowest BCUT2D eigenvalue weighted by atomic mass is 9.74. The zero-order valence-electron chi connectivity index (χ0n) is 23.0. The highest BCUT2D eigenvalue weighted by Crippen LogP contribution is 2.44. The van der Waals surface area contributed by atoms with E-state index in [0.29, 0.717) is 17.0 Å². The van der Waals surface area contributed by atoms with Crippen LogP contribution in [-0.2, 0) is 19.1 Å². The first kappa shape index (κ1) is 27.5. The third-order valence-corrected chi connectivity index (χ3v) is 7.70. The Balaban J connectivity index is 1.89. The first-order chi connectivity index (χ1) is 18.2. The molecule has 0 fully saturated rings. The van der Waals surface area contributed by atoms with Crippen LogP contribution >= 0.6 is 11.3 Å². The summed E-state index contributed by atoms with van der Waals surface area (Å²) in [5, 5.41) is 2.89. The maximum Gasteiger partial charge on any atom is 0.336 e. The van der Waals surface area contributed by atoms with Crippen molar-refractivity contribution in [3.8, 4) is 21.8 Å². The minimum absolute atomic E-state index is 0.224. The Morgan fingerprint density at radius 2 is 1.61 bits per heavy atom. The van der Waals surface area contributed by atoms with Crippen LogP contribution in [0.15, 0.2) is 58.0 Å². The van der Waals surface area contributed by atoms with Gasteiger partial charge in [-0.2, -0.15) is 0 Å². The number of allylic oxidation sites excluding steroid dienone is 1. The molecule has 7 heteroatoms. The number of hydrogen-bond acceptors (Lipinski definition) is 7. The van der Waals surface area contributed by atoms with E-state index < -0.39 is 23.8 Å². The molecule has 1 aromatic heterocycles. The van der Waals surface area contributed by atoms with Crippen LogP contribution in [0, 0.1) is 26.7 Å². The molecule has 0 bridgehead atoms. The van der Waals surface area contributed by atoms with Crippen LogP contribution in [0.3, 0.4) is 0 Å². The van der Waals surface area contributed by atoms with Crippen molar-refractivity contribution >= 4 is 29.0 Å². The summed E-state index contributed by atoms with van der Waals surface area (Å²) in [7, 11) is 0. The SMILES string of the molecule is CCOC(=O)C1=C(C)N=C(C)C(C(=O)OCC)C1c1ccccc1-c1nc(-c2c(C)cc(C)cc2C)cs1. The highest BCUT2D eigenvalue weighted by Gasteiger charge is 2.43. The van der Waals surface area contributed by atoms with E-state index in [4.69, 9.17) is 14.5 Å². The van der Waals surface area contributed by atoms with Crippen molar-refractivity contribution in [1.82, 2.24) is 4.98 Å².